The monoisotopic (exact) mass is 450 g/mol. The molecule has 1 aromatic carbocycles. The van der Waals surface area contributed by atoms with E-state index >= 15 is 0 Å². The number of aryl methyl sites for hydroxylation is 1. The van der Waals surface area contributed by atoms with E-state index in [1.807, 2.05) is 37.5 Å². The second-order valence-electron chi connectivity index (χ2n) is 9.32. The van der Waals surface area contributed by atoms with E-state index in [4.69, 9.17) is 4.98 Å². The number of aromatic nitrogens is 4. The first-order valence-corrected chi connectivity index (χ1v) is 12.8. The standard InChI is InChI=1S/C28H28N4.C2H6/c1-3-19-14-23(15-19)20-9-11-22(12-10-20)27-25(21-7-5-4-6-8-21)16-24-17-29-26-13-18(2)31-32(26)28(24)30-27;1-2/h5,7-13,16-17,19,23H,3-4,6,14-15H2,1-2H3;1-2H3. The smallest absolute Gasteiger partial charge is 0.165 e. The van der Waals surface area contributed by atoms with Crippen molar-refractivity contribution in [1.29, 1.82) is 0 Å². The molecule has 0 unspecified atom stereocenters. The van der Waals surface area contributed by atoms with E-state index in [9.17, 15) is 0 Å². The van der Waals surface area contributed by atoms with Gasteiger partial charge in [0.2, 0.25) is 0 Å². The van der Waals surface area contributed by atoms with E-state index in [1.165, 1.54) is 36.0 Å². The van der Waals surface area contributed by atoms with Crippen LogP contribution in [-0.4, -0.2) is 19.6 Å². The number of hydrogen-bond donors (Lipinski definition) is 0. The molecule has 3 aromatic heterocycles. The molecule has 0 saturated heterocycles. The SMILES string of the molecule is CC.CCC1CC(c2ccc(-c3nc4c(cnc5cc(C)nn54)cc3C3=CCCC=C3)cc2)C1. The largest absolute Gasteiger partial charge is 0.236 e. The average Bonchev–Trinajstić information content (AvgIpc) is 3.25. The maximum absolute atomic E-state index is 5.18. The molecule has 0 radical (unpaired) electrons. The summed E-state index contributed by atoms with van der Waals surface area (Å²) in [5, 5.41) is 5.66. The number of allylic oxidation sites excluding steroid dienone is 4. The average molecular weight is 451 g/mol. The Morgan fingerprint density at radius 3 is 2.53 bits per heavy atom. The van der Waals surface area contributed by atoms with Crippen LogP contribution in [0.2, 0.25) is 0 Å². The first-order valence-electron chi connectivity index (χ1n) is 12.8. The van der Waals surface area contributed by atoms with Crippen LogP contribution in [0.3, 0.4) is 0 Å². The van der Waals surface area contributed by atoms with Gasteiger partial charge in [-0.3, -0.25) is 0 Å². The molecule has 2 aliphatic rings. The van der Waals surface area contributed by atoms with Crippen LogP contribution in [-0.2, 0) is 0 Å². The van der Waals surface area contributed by atoms with Gasteiger partial charge in [0.15, 0.2) is 11.3 Å². The quantitative estimate of drug-likeness (QED) is 0.317. The first kappa shape index (κ1) is 22.5. The topological polar surface area (TPSA) is 43.1 Å². The van der Waals surface area contributed by atoms with Crippen LogP contribution in [0, 0.1) is 12.8 Å². The Kier molecular flexibility index (Phi) is 6.32. The van der Waals surface area contributed by atoms with Gasteiger partial charge in [0.05, 0.1) is 11.4 Å². The molecule has 0 aliphatic heterocycles. The molecular formula is C30H34N4. The zero-order chi connectivity index (χ0) is 23.7. The molecule has 0 amide bonds. The molecule has 3 heterocycles. The van der Waals surface area contributed by atoms with Gasteiger partial charge < -0.3 is 0 Å². The number of pyridine rings is 1. The minimum absolute atomic E-state index is 0.722. The van der Waals surface area contributed by atoms with Gasteiger partial charge in [0.1, 0.15) is 0 Å². The Morgan fingerprint density at radius 1 is 1.03 bits per heavy atom. The lowest BCUT2D eigenvalue weighted by atomic mass is 9.70. The highest BCUT2D eigenvalue weighted by Gasteiger charge is 2.28. The van der Waals surface area contributed by atoms with E-state index in [1.54, 1.807) is 0 Å². The van der Waals surface area contributed by atoms with Crippen molar-refractivity contribution in [3.8, 4) is 11.3 Å². The van der Waals surface area contributed by atoms with Gasteiger partial charge >= 0.3 is 0 Å². The van der Waals surface area contributed by atoms with Gasteiger partial charge in [-0.15, -0.1) is 0 Å². The summed E-state index contributed by atoms with van der Waals surface area (Å²) in [6, 6.07) is 13.4. The third kappa shape index (κ3) is 4.06. The lowest BCUT2D eigenvalue weighted by Crippen LogP contribution is -2.20. The van der Waals surface area contributed by atoms with Gasteiger partial charge in [-0.2, -0.15) is 9.61 Å². The molecule has 6 rings (SSSR count). The van der Waals surface area contributed by atoms with Crippen molar-refractivity contribution in [3.63, 3.8) is 0 Å². The van der Waals surface area contributed by atoms with E-state index in [0.29, 0.717) is 0 Å². The summed E-state index contributed by atoms with van der Waals surface area (Å²) in [5.41, 5.74) is 8.69. The van der Waals surface area contributed by atoms with E-state index in [-0.39, 0.29) is 0 Å². The predicted octanol–water partition coefficient (Wildman–Crippen LogP) is 7.92. The molecule has 0 atom stereocenters. The number of rotatable bonds is 4. The molecule has 0 N–H and O–H groups in total. The fraction of sp³-hybridized carbons (Fsp3) is 0.367. The third-order valence-electron chi connectivity index (χ3n) is 7.15. The molecular weight excluding hydrogens is 416 g/mol. The summed E-state index contributed by atoms with van der Waals surface area (Å²) in [4.78, 5) is 9.78. The molecule has 1 saturated carbocycles. The van der Waals surface area contributed by atoms with Crippen LogP contribution in [0.15, 0.2) is 60.8 Å². The van der Waals surface area contributed by atoms with Gasteiger partial charge in [0, 0.05) is 28.8 Å². The van der Waals surface area contributed by atoms with Crippen LogP contribution in [0.5, 0.6) is 0 Å². The van der Waals surface area contributed by atoms with Crippen LogP contribution < -0.4 is 0 Å². The van der Waals surface area contributed by atoms with Crippen molar-refractivity contribution in [3.05, 3.63) is 77.6 Å². The summed E-state index contributed by atoms with van der Waals surface area (Å²) in [7, 11) is 0. The maximum Gasteiger partial charge on any atom is 0.165 e. The molecule has 1 fully saturated rings. The lowest BCUT2D eigenvalue weighted by Gasteiger charge is -2.35. The van der Waals surface area contributed by atoms with Crippen LogP contribution in [0.4, 0.5) is 0 Å². The van der Waals surface area contributed by atoms with E-state index in [2.05, 4.69) is 65.6 Å². The molecule has 174 valence electrons. The van der Waals surface area contributed by atoms with Gasteiger partial charge in [-0.25, -0.2) is 9.97 Å². The zero-order valence-corrected chi connectivity index (χ0v) is 20.8. The first-order chi connectivity index (χ1) is 16.7. The summed E-state index contributed by atoms with van der Waals surface area (Å²) in [6.45, 7) is 8.30. The Balaban J connectivity index is 0.00000117. The Morgan fingerprint density at radius 2 is 1.82 bits per heavy atom. The van der Waals surface area contributed by atoms with Crippen LogP contribution in [0.25, 0.3) is 33.5 Å². The van der Waals surface area contributed by atoms with Crippen molar-refractivity contribution in [2.75, 3.05) is 0 Å². The minimum atomic E-state index is 0.722. The number of nitrogens with zero attached hydrogens (tertiary/aromatic N) is 4. The number of benzene rings is 1. The van der Waals surface area contributed by atoms with E-state index < -0.39 is 0 Å². The normalized spacial score (nSPS) is 19.5. The van der Waals surface area contributed by atoms with Crippen molar-refractivity contribution < 1.29 is 0 Å². The minimum Gasteiger partial charge on any atom is -0.236 e. The summed E-state index contributed by atoms with van der Waals surface area (Å²) >= 11 is 0. The Labute approximate surface area is 202 Å². The number of fused-ring (bicyclic) bond motifs is 3. The van der Waals surface area contributed by atoms with Gasteiger partial charge in [0.25, 0.3) is 0 Å². The molecule has 0 spiro atoms. The number of hydrogen-bond acceptors (Lipinski definition) is 3. The van der Waals surface area contributed by atoms with Crippen LogP contribution >= 0.6 is 0 Å². The molecule has 4 heteroatoms. The molecule has 34 heavy (non-hydrogen) atoms. The third-order valence-corrected chi connectivity index (χ3v) is 7.15. The Hall–Kier alpha value is -3.27. The fourth-order valence-electron chi connectivity index (χ4n) is 5.16. The van der Waals surface area contributed by atoms with Gasteiger partial charge in [-0.05, 0) is 61.6 Å². The van der Waals surface area contributed by atoms with E-state index in [0.717, 1.165) is 58.3 Å². The fourth-order valence-corrected chi connectivity index (χ4v) is 5.16. The van der Waals surface area contributed by atoms with Crippen molar-refractivity contribution in [2.24, 2.45) is 5.92 Å². The lowest BCUT2D eigenvalue weighted by molar-refractivity contribution is 0.256. The second kappa shape index (κ2) is 9.54. The molecule has 0 bridgehead atoms. The van der Waals surface area contributed by atoms with Crippen molar-refractivity contribution in [2.45, 2.75) is 65.7 Å². The summed E-state index contributed by atoms with van der Waals surface area (Å²) < 4.78 is 1.87. The molecule has 4 aromatic rings. The molecule has 4 nitrogen and oxygen atoms in total. The summed E-state index contributed by atoms with van der Waals surface area (Å²) in [5.74, 6) is 1.63. The van der Waals surface area contributed by atoms with Gasteiger partial charge in [-0.1, -0.05) is 69.7 Å². The van der Waals surface area contributed by atoms with Crippen LogP contribution in [0.1, 0.15) is 75.6 Å². The van der Waals surface area contributed by atoms with Crippen molar-refractivity contribution >= 4 is 22.3 Å². The highest BCUT2D eigenvalue weighted by molar-refractivity contribution is 5.91. The maximum atomic E-state index is 5.18. The predicted molar refractivity (Wildman–Crippen MR) is 142 cm³/mol. The molecule has 2 aliphatic carbocycles. The Bertz CT molecular complexity index is 1370. The highest BCUT2D eigenvalue weighted by Crippen LogP contribution is 2.43. The zero-order valence-electron chi connectivity index (χ0n) is 20.8. The van der Waals surface area contributed by atoms with Crippen molar-refractivity contribution in [1.82, 2.24) is 19.6 Å². The highest BCUT2D eigenvalue weighted by atomic mass is 15.3. The second-order valence-corrected chi connectivity index (χ2v) is 9.32. The summed E-state index contributed by atoms with van der Waals surface area (Å²) in [6.07, 6.45) is 14.9.